The normalized spacial score (nSPS) is 15.0. The van der Waals surface area contributed by atoms with Gasteiger partial charge in [-0.15, -0.1) is 0 Å². The Labute approximate surface area is 147 Å². The van der Waals surface area contributed by atoms with E-state index >= 15 is 0 Å². The number of hydrogen-bond acceptors (Lipinski definition) is 4. The predicted octanol–water partition coefficient (Wildman–Crippen LogP) is 2.14. The number of piperidine rings is 1. The average molecular weight is 338 g/mol. The van der Waals surface area contributed by atoms with Gasteiger partial charge in [0, 0.05) is 36.7 Å². The zero-order valence-corrected chi connectivity index (χ0v) is 14.0. The topological polar surface area (TPSA) is 88.3 Å². The minimum absolute atomic E-state index is 0.00653. The molecule has 3 rings (SSSR count). The van der Waals surface area contributed by atoms with Crippen molar-refractivity contribution >= 4 is 17.5 Å². The van der Waals surface area contributed by atoms with Crippen LogP contribution in [0, 0.1) is 5.92 Å². The van der Waals surface area contributed by atoms with Crippen molar-refractivity contribution in [2.45, 2.75) is 12.8 Å². The highest BCUT2D eigenvalue weighted by molar-refractivity contribution is 6.04. The van der Waals surface area contributed by atoms with Crippen LogP contribution in [0.2, 0.25) is 0 Å². The van der Waals surface area contributed by atoms with E-state index in [2.05, 4.69) is 10.3 Å². The molecule has 0 bridgehead atoms. The first kappa shape index (κ1) is 17.1. The summed E-state index contributed by atoms with van der Waals surface area (Å²) in [5.41, 5.74) is 7.35. The molecule has 0 saturated carbocycles. The van der Waals surface area contributed by atoms with Crippen molar-refractivity contribution in [1.29, 1.82) is 0 Å². The third-order valence-electron chi connectivity index (χ3n) is 4.53. The smallest absolute Gasteiger partial charge is 0.257 e. The molecule has 0 radical (unpaired) electrons. The number of pyridine rings is 1. The molecule has 2 heterocycles. The quantitative estimate of drug-likeness (QED) is 0.894. The summed E-state index contributed by atoms with van der Waals surface area (Å²) in [6, 6.07) is 10.4. The maximum absolute atomic E-state index is 12.7. The van der Waals surface area contributed by atoms with E-state index in [1.54, 1.807) is 42.6 Å². The van der Waals surface area contributed by atoms with Crippen molar-refractivity contribution in [3.05, 3.63) is 59.9 Å². The molecule has 6 heteroatoms. The van der Waals surface area contributed by atoms with Crippen LogP contribution in [0.5, 0.6) is 0 Å². The lowest BCUT2D eigenvalue weighted by Gasteiger charge is -2.31. The fourth-order valence-corrected chi connectivity index (χ4v) is 2.98. The number of carbonyl (C=O) groups excluding carboxylic acids is 2. The zero-order chi connectivity index (χ0) is 17.6. The van der Waals surface area contributed by atoms with E-state index < -0.39 is 0 Å². The van der Waals surface area contributed by atoms with E-state index in [0.717, 1.165) is 25.9 Å². The Balaban J connectivity index is 1.67. The van der Waals surface area contributed by atoms with Crippen LogP contribution in [0.3, 0.4) is 0 Å². The van der Waals surface area contributed by atoms with Crippen LogP contribution in [0.25, 0.3) is 0 Å². The van der Waals surface area contributed by atoms with E-state index in [0.29, 0.717) is 29.3 Å². The van der Waals surface area contributed by atoms with Gasteiger partial charge in [-0.05, 0) is 55.6 Å². The molecule has 1 aliphatic rings. The van der Waals surface area contributed by atoms with Gasteiger partial charge in [-0.1, -0.05) is 6.07 Å². The number of benzene rings is 1. The standard InChI is InChI=1S/C19H22N4O2/c20-12-14-6-9-23(10-7-14)19(25)15-3-1-5-17(11-15)22-18(24)16-4-2-8-21-13-16/h1-5,8,11,13-14H,6-7,9-10,12,20H2,(H,22,24). The minimum atomic E-state index is -0.249. The third-order valence-corrected chi connectivity index (χ3v) is 4.53. The second-order valence-corrected chi connectivity index (χ2v) is 6.25. The highest BCUT2D eigenvalue weighted by Crippen LogP contribution is 2.19. The molecule has 1 fully saturated rings. The number of likely N-dealkylation sites (tertiary alicyclic amines) is 1. The van der Waals surface area contributed by atoms with Crippen LogP contribution in [0.15, 0.2) is 48.8 Å². The van der Waals surface area contributed by atoms with Gasteiger partial charge in [-0.2, -0.15) is 0 Å². The Hall–Kier alpha value is -2.73. The Bertz CT molecular complexity index is 740. The molecular weight excluding hydrogens is 316 g/mol. The largest absolute Gasteiger partial charge is 0.339 e. The number of anilines is 1. The summed E-state index contributed by atoms with van der Waals surface area (Å²) in [6.45, 7) is 2.14. The maximum Gasteiger partial charge on any atom is 0.257 e. The number of nitrogens with zero attached hydrogens (tertiary/aromatic N) is 2. The number of rotatable bonds is 4. The van der Waals surface area contributed by atoms with Crippen LogP contribution >= 0.6 is 0 Å². The third kappa shape index (κ3) is 4.22. The van der Waals surface area contributed by atoms with Crippen molar-refractivity contribution in [3.63, 3.8) is 0 Å². The molecule has 6 nitrogen and oxygen atoms in total. The van der Waals surface area contributed by atoms with Crippen molar-refractivity contribution < 1.29 is 9.59 Å². The monoisotopic (exact) mass is 338 g/mol. The van der Waals surface area contributed by atoms with E-state index in [9.17, 15) is 9.59 Å². The first-order valence-corrected chi connectivity index (χ1v) is 8.48. The number of aromatic nitrogens is 1. The average Bonchev–Trinajstić information content (AvgIpc) is 2.68. The molecular formula is C19H22N4O2. The van der Waals surface area contributed by atoms with E-state index in [-0.39, 0.29) is 11.8 Å². The van der Waals surface area contributed by atoms with Crippen LogP contribution in [0.1, 0.15) is 33.6 Å². The van der Waals surface area contributed by atoms with Crippen LogP contribution < -0.4 is 11.1 Å². The molecule has 1 aromatic carbocycles. The summed E-state index contributed by atoms with van der Waals surface area (Å²) in [6.07, 6.45) is 5.01. The second-order valence-electron chi connectivity index (χ2n) is 6.25. The summed E-state index contributed by atoms with van der Waals surface area (Å²) < 4.78 is 0. The predicted molar refractivity (Wildman–Crippen MR) is 96.3 cm³/mol. The zero-order valence-electron chi connectivity index (χ0n) is 14.0. The van der Waals surface area contributed by atoms with Crippen LogP contribution in [-0.2, 0) is 0 Å². The van der Waals surface area contributed by atoms with Crippen molar-refractivity contribution in [2.24, 2.45) is 11.7 Å². The van der Waals surface area contributed by atoms with Gasteiger partial charge in [0.15, 0.2) is 0 Å². The van der Waals surface area contributed by atoms with Gasteiger partial charge >= 0.3 is 0 Å². The van der Waals surface area contributed by atoms with Gasteiger partial charge in [-0.25, -0.2) is 0 Å². The summed E-state index contributed by atoms with van der Waals surface area (Å²) in [7, 11) is 0. The fraction of sp³-hybridized carbons (Fsp3) is 0.316. The number of carbonyl (C=O) groups is 2. The Kier molecular flexibility index (Phi) is 5.40. The molecule has 25 heavy (non-hydrogen) atoms. The summed E-state index contributed by atoms with van der Waals surface area (Å²) in [4.78, 5) is 30.7. The van der Waals surface area contributed by atoms with Crippen molar-refractivity contribution in [3.8, 4) is 0 Å². The molecule has 130 valence electrons. The maximum atomic E-state index is 12.7. The van der Waals surface area contributed by atoms with E-state index in [1.807, 2.05) is 4.90 Å². The Morgan fingerprint density at radius 3 is 2.60 bits per heavy atom. The Morgan fingerprint density at radius 2 is 1.92 bits per heavy atom. The molecule has 0 aliphatic carbocycles. The van der Waals surface area contributed by atoms with E-state index in [4.69, 9.17) is 5.73 Å². The first-order valence-electron chi connectivity index (χ1n) is 8.48. The molecule has 2 amide bonds. The molecule has 1 aromatic heterocycles. The lowest BCUT2D eigenvalue weighted by Crippen LogP contribution is -2.40. The van der Waals surface area contributed by atoms with Crippen LogP contribution in [-0.4, -0.2) is 41.3 Å². The summed E-state index contributed by atoms with van der Waals surface area (Å²) in [5.74, 6) is 0.253. The number of amides is 2. The van der Waals surface area contributed by atoms with Gasteiger partial charge in [0.2, 0.25) is 0 Å². The second kappa shape index (κ2) is 7.90. The molecule has 0 atom stereocenters. The van der Waals surface area contributed by atoms with Crippen molar-refractivity contribution in [2.75, 3.05) is 25.0 Å². The SMILES string of the molecule is NCC1CCN(C(=O)c2cccc(NC(=O)c3cccnc3)c2)CC1. The highest BCUT2D eigenvalue weighted by Gasteiger charge is 2.23. The molecule has 2 aromatic rings. The van der Waals surface area contributed by atoms with Crippen molar-refractivity contribution in [1.82, 2.24) is 9.88 Å². The number of nitrogens with two attached hydrogens (primary N) is 1. The highest BCUT2D eigenvalue weighted by atomic mass is 16.2. The van der Waals surface area contributed by atoms with E-state index in [1.165, 1.54) is 6.20 Å². The fourth-order valence-electron chi connectivity index (χ4n) is 2.98. The van der Waals surface area contributed by atoms with Gasteiger partial charge < -0.3 is 16.0 Å². The van der Waals surface area contributed by atoms with Gasteiger partial charge in [0.25, 0.3) is 11.8 Å². The minimum Gasteiger partial charge on any atom is -0.339 e. The molecule has 0 spiro atoms. The molecule has 1 saturated heterocycles. The lowest BCUT2D eigenvalue weighted by molar-refractivity contribution is 0.0693. The summed E-state index contributed by atoms with van der Waals surface area (Å²) in [5, 5.41) is 2.81. The van der Waals surface area contributed by atoms with Gasteiger partial charge in [0.1, 0.15) is 0 Å². The first-order chi connectivity index (χ1) is 12.2. The van der Waals surface area contributed by atoms with Crippen LogP contribution in [0.4, 0.5) is 5.69 Å². The summed E-state index contributed by atoms with van der Waals surface area (Å²) >= 11 is 0. The lowest BCUT2D eigenvalue weighted by atomic mass is 9.96. The van der Waals surface area contributed by atoms with Gasteiger partial charge in [0.05, 0.1) is 5.56 Å². The molecule has 1 aliphatic heterocycles. The number of nitrogens with one attached hydrogen (secondary N) is 1. The number of hydrogen-bond donors (Lipinski definition) is 2. The Morgan fingerprint density at radius 1 is 1.16 bits per heavy atom. The molecule has 0 unspecified atom stereocenters. The molecule has 3 N–H and O–H groups in total. The van der Waals surface area contributed by atoms with Gasteiger partial charge in [-0.3, -0.25) is 14.6 Å².